The van der Waals surface area contributed by atoms with Crippen molar-refractivity contribution >= 4 is 41.0 Å². The van der Waals surface area contributed by atoms with Gasteiger partial charge in [-0.3, -0.25) is 4.90 Å². The lowest BCUT2D eigenvalue weighted by Crippen LogP contribution is -2.48. The maximum Gasteiger partial charge on any atom is 0.338 e. The van der Waals surface area contributed by atoms with E-state index in [9.17, 15) is 14.4 Å². The smallest absolute Gasteiger partial charge is 0.338 e. The minimum Gasteiger partial charge on any atom is -0.463 e. The maximum atomic E-state index is 12.8. The van der Waals surface area contributed by atoms with E-state index in [0.29, 0.717) is 39.8 Å². The number of halogens is 1. The lowest BCUT2D eigenvalue weighted by Gasteiger charge is -2.35. The Hall–Kier alpha value is -3.52. The van der Waals surface area contributed by atoms with Crippen LogP contribution in [0.25, 0.3) is 0 Å². The van der Waals surface area contributed by atoms with Crippen LogP contribution in [0.15, 0.2) is 59.8 Å². The van der Waals surface area contributed by atoms with Crippen LogP contribution >= 0.6 is 11.6 Å². The SMILES string of the molecule is CCCN1C(=O)N[C@@H](c2cccc(NC(=O)Nc3ccc(Cl)cc3)c2)C(C(=O)OCC)=C1C. The average molecular weight is 471 g/mol. The Morgan fingerprint density at radius 2 is 1.79 bits per heavy atom. The highest BCUT2D eigenvalue weighted by molar-refractivity contribution is 6.30. The third kappa shape index (κ3) is 5.84. The second-order valence-corrected chi connectivity index (χ2v) is 7.90. The van der Waals surface area contributed by atoms with E-state index in [0.717, 1.165) is 6.42 Å². The average Bonchev–Trinajstić information content (AvgIpc) is 2.78. The number of allylic oxidation sites excluding steroid dienone is 1. The van der Waals surface area contributed by atoms with Gasteiger partial charge in [0, 0.05) is 28.6 Å². The highest BCUT2D eigenvalue weighted by Crippen LogP contribution is 2.32. The first kappa shape index (κ1) is 24.1. The molecule has 1 heterocycles. The first-order valence-corrected chi connectivity index (χ1v) is 11.1. The quantitative estimate of drug-likeness (QED) is 0.478. The monoisotopic (exact) mass is 470 g/mol. The number of benzene rings is 2. The van der Waals surface area contributed by atoms with Gasteiger partial charge in [-0.2, -0.15) is 0 Å². The van der Waals surface area contributed by atoms with Crippen LogP contribution in [0.5, 0.6) is 0 Å². The number of carbonyl (C=O) groups is 3. The summed E-state index contributed by atoms with van der Waals surface area (Å²) >= 11 is 5.87. The summed E-state index contributed by atoms with van der Waals surface area (Å²) in [5.74, 6) is -0.486. The second-order valence-electron chi connectivity index (χ2n) is 7.47. The summed E-state index contributed by atoms with van der Waals surface area (Å²) in [5, 5.41) is 8.96. The van der Waals surface area contributed by atoms with Gasteiger partial charge in [-0.15, -0.1) is 0 Å². The number of urea groups is 2. The van der Waals surface area contributed by atoms with Gasteiger partial charge >= 0.3 is 18.0 Å². The van der Waals surface area contributed by atoms with Crippen molar-refractivity contribution in [2.45, 2.75) is 33.2 Å². The number of nitrogens with one attached hydrogen (secondary N) is 3. The maximum absolute atomic E-state index is 12.8. The molecule has 4 amide bonds. The van der Waals surface area contributed by atoms with Crippen molar-refractivity contribution in [1.82, 2.24) is 10.2 Å². The molecule has 0 fully saturated rings. The molecule has 0 aliphatic carbocycles. The van der Waals surface area contributed by atoms with Crippen LogP contribution in [0.3, 0.4) is 0 Å². The molecular formula is C24H27ClN4O4. The van der Waals surface area contributed by atoms with Crippen molar-refractivity contribution in [1.29, 1.82) is 0 Å². The molecule has 174 valence electrons. The van der Waals surface area contributed by atoms with Gasteiger partial charge in [-0.05, 0) is 62.2 Å². The Morgan fingerprint density at radius 3 is 2.45 bits per heavy atom. The summed E-state index contributed by atoms with van der Waals surface area (Å²) in [6, 6.07) is 12.3. The number of rotatable bonds is 7. The molecule has 0 bridgehead atoms. The molecule has 33 heavy (non-hydrogen) atoms. The molecule has 0 saturated carbocycles. The van der Waals surface area contributed by atoms with Gasteiger partial charge in [0.05, 0.1) is 18.2 Å². The highest BCUT2D eigenvalue weighted by atomic mass is 35.5. The van der Waals surface area contributed by atoms with Gasteiger partial charge in [0.2, 0.25) is 0 Å². The van der Waals surface area contributed by atoms with Crippen LogP contribution in [0.2, 0.25) is 5.02 Å². The molecule has 1 atom stereocenters. The highest BCUT2D eigenvalue weighted by Gasteiger charge is 2.36. The fourth-order valence-corrected chi connectivity index (χ4v) is 3.75. The van der Waals surface area contributed by atoms with E-state index in [1.165, 1.54) is 0 Å². The summed E-state index contributed by atoms with van der Waals surface area (Å²) in [5.41, 5.74) is 2.67. The van der Waals surface area contributed by atoms with Gasteiger partial charge < -0.3 is 20.7 Å². The predicted molar refractivity (Wildman–Crippen MR) is 128 cm³/mol. The molecule has 0 unspecified atom stereocenters. The van der Waals surface area contributed by atoms with Crippen molar-refractivity contribution in [3.8, 4) is 0 Å². The fourth-order valence-electron chi connectivity index (χ4n) is 3.62. The summed E-state index contributed by atoms with van der Waals surface area (Å²) in [7, 11) is 0. The number of amides is 4. The number of anilines is 2. The molecule has 2 aromatic carbocycles. The standard InChI is InChI=1S/C24H27ClN4O4/c1-4-13-29-15(3)20(22(30)33-5-2)21(28-24(29)32)16-7-6-8-19(14-16)27-23(31)26-18-11-9-17(25)10-12-18/h6-12,14,21H,4-5,13H2,1-3H3,(H,28,32)(H2,26,27,31)/t21-/m0/s1. The molecule has 3 N–H and O–H groups in total. The number of hydrogen-bond donors (Lipinski definition) is 3. The number of ether oxygens (including phenoxy) is 1. The van der Waals surface area contributed by atoms with Gasteiger partial charge in [0.15, 0.2) is 0 Å². The number of nitrogens with zero attached hydrogens (tertiary/aromatic N) is 1. The first-order valence-electron chi connectivity index (χ1n) is 10.7. The molecule has 3 rings (SSSR count). The molecular weight excluding hydrogens is 444 g/mol. The van der Waals surface area contributed by atoms with Gasteiger partial charge in [-0.25, -0.2) is 14.4 Å². The van der Waals surface area contributed by atoms with Crippen molar-refractivity contribution < 1.29 is 19.1 Å². The second kappa shape index (κ2) is 10.9. The molecule has 1 aliphatic heterocycles. The molecule has 8 nitrogen and oxygen atoms in total. The lowest BCUT2D eigenvalue weighted by molar-refractivity contribution is -0.139. The van der Waals surface area contributed by atoms with E-state index in [2.05, 4.69) is 16.0 Å². The number of carbonyl (C=O) groups excluding carboxylic acids is 3. The van der Waals surface area contributed by atoms with Crippen molar-refractivity contribution in [2.24, 2.45) is 0 Å². The Morgan fingerprint density at radius 1 is 1.09 bits per heavy atom. The third-order valence-corrected chi connectivity index (χ3v) is 5.37. The van der Waals surface area contributed by atoms with E-state index in [1.54, 1.807) is 67.3 Å². The zero-order valence-corrected chi connectivity index (χ0v) is 19.5. The van der Waals surface area contributed by atoms with E-state index < -0.39 is 18.0 Å². The zero-order chi connectivity index (χ0) is 24.0. The molecule has 1 aliphatic rings. The van der Waals surface area contributed by atoms with Crippen molar-refractivity contribution in [3.05, 3.63) is 70.4 Å². The van der Waals surface area contributed by atoms with Gasteiger partial charge in [0.1, 0.15) is 0 Å². The molecule has 0 spiro atoms. The molecule has 0 radical (unpaired) electrons. The van der Waals surface area contributed by atoms with E-state index in [4.69, 9.17) is 16.3 Å². The van der Waals surface area contributed by atoms with Crippen molar-refractivity contribution in [2.75, 3.05) is 23.8 Å². The van der Waals surface area contributed by atoms with Crippen LogP contribution in [-0.4, -0.2) is 36.1 Å². The summed E-state index contributed by atoms with van der Waals surface area (Å²) in [4.78, 5) is 39.5. The summed E-state index contributed by atoms with van der Waals surface area (Å²) < 4.78 is 5.27. The van der Waals surface area contributed by atoms with Gasteiger partial charge in [0.25, 0.3) is 0 Å². The van der Waals surface area contributed by atoms with E-state index >= 15 is 0 Å². The Kier molecular flexibility index (Phi) is 7.95. The first-order chi connectivity index (χ1) is 15.8. The van der Waals surface area contributed by atoms with Crippen molar-refractivity contribution in [3.63, 3.8) is 0 Å². The van der Waals surface area contributed by atoms with Crippen LogP contribution in [0.4, 0.5) is 21.0 Å². The number of hydrogen-bond acceptors (Lipinski definition) is 4. The van der Waals surface area contributed by atoms with Crippen LogP contribution in [-0.2, 0) is 9.53 Å². The Labute approximate surface area is 197 Å². The normalized spacial score (nSPS) is 15.7. The molecule has 9 heteroatoms. The third-order valence-electron chi connectivity index (χ3n) is 5.12. The summed E-state index contributed by atoms with van der Waals surface area (Å²) in [6.07, 6.45) is 0.744. The van der Waals surface area contributed by atoms with Crippen LogP contribution < -0.4 is 16.0 Å². The van der Waals surface area contributed by atoms with E-state index in [1.807, 2.05) is 6.92 Å². The van der Waals surface area contributed by atoms with Gasteiger partial charge in [-0.1, -0.05) is 30.7 Å². The predicted octanol–water partition coefficient (Wildman–Crippen LogP) is 5.30. The molecule has 0 aromatic heterocycles. The van der Waals surface area contributed by atoms with E-state index in [-0.39, 0.29) is 12.6 Å². The molecule has 0 saturated heterocycles. The lowest BCUT2D eigenvalue weighted by atomic mass is 9.94. The molecule has 2 aromatic rings. The van der Waals surface area contributed by atoms with Crippen LogP contribution in [0.1, 0.15) is 38.8 Å². The number of esters is 1. The Balaban J connectivity index is 1.86. The topological polar surface area (TPSA) is 99.8 Å². The largest absolute Gasteiger partial charge is 0.463 e. The Bertz CT molecular complexity index is 1070. The zero-order valence-electron chi connectivity index (χ0n) is 18.8. The fraction of sp³-hybridized carbons (Fsp3) is 0.292. The minimum atomic E-state index is -0.703. The summed E-state index contributed by atoms with van der Waals surface area (Å²) in [6.45, 7) is 6.14. The minimum absolute atomic E-state index is 0.219. The van der Waals surface area contributed by atoms with Crippen LogP contribution in [0, 0.1) is 0 Å².